The van der Waals surface area contributed by atoms with E-state index in [1.54, 1.807) is 12.1 Å². The van der Waals surface area contributed by atoms with E-state index in [0.29, 0.717) is 0 Å². The van der Waals surface area contributed by atoms with E-state index in [9.17, 15) is 19.0 Å². The van der Waals surface area contributed by atoms with Gasteiger partial charge in [-0.05, 0) is 43.5 Å². The van der Waals surface area contributed by atoms with Crippen molar-refractivity contribution in [2.75, 3.05) is 6.16 Å². The van der Waals surface area contributed by atoms with Crippen molar-refractivity contribution in [3.63, 3.8) is 0 Å². The molecule has 0 bridgehead atoms. The van der Waals surface area contributed by atoms with Crippen LogP contribution in [-0.2, 0) is 36.4 Å². The smallest absolute Gasteiger partial charge is 0.330 e. The van der Waals surface area contributed by atoms with Gasteiger partial charge in [0.05, 0.1) is 12.1 Å². The highest BCUT2D eigenvalue weighted by Crippen LogP contribution is 2.45. The molecule has 0 aliphatic rings. The van der Waals surface area contributed by atoms with Gasteiger partial charge in [-0.15, -0.1) is 0 Å². The average molecular weight is 527 g/mol. The number of esters is 1. The Morgan fingerprint density at radius 2 is 1.72 bits per heavy atom. The van der Waals surface area contributed by atoms with E-state index in [1.165, 1.54) is 13.8 Å². The third kappa shape index (κ3) is 9.22. The summed E-state index contributed by atoms with van der Waals surface area (Å²) in [7, 11) is -4.14. The molecule has 0 saturated heterocycles. The highest BCUT2D eigenvalue weighted by Gasteiger charge is 2.32. The number of ether oxygens (including phenoxy) is 1. The van der Waals surface area contributed by atoms with E-state index in [4.69, 9.17) is 15.0 Å². The van der Waals surface area contributed by atoms with Gasteiger partial charge in [-0.25, -0.2) is 4.79 Å². The fourth-order valence-corrected chi connectivity index (χ4v) is 4.69. The van der Waals surface area contributed by atoms with Crippen molar-refractivity contribution < 1.29 is 28.3 Å². The topological polar surface area (TPSA) is 128 Å². The first-order valence-electron chi connectivity index (χ1n) is 10.1. The molecule has 174 valence electrons. The fourth-order valence-electron chi connectivity index (χ4n) is 2.97. The molecule has 2 rings (SSSR count). The molecule has 2 aromatic rings. The molecule has 0 radical (unpaired) electrons. The number of carbonyl (C=O) groups is 2. The van der Waals surface area contributed by atoms with Gasteiger partial charge in [-0.2, -0.15) is 0 Å². The van der Waals surface area contributed by atoms with Crippen LogP contribution in [0.5, 0.6) is 0 Å². The number of nitrogens with one attached hydrogen (secondary N) is 1. The second kappa shape index (κ2) is 12.3. The Morgan fingerprint density at radius 3 is 2.31 bits per heavy atom. The lowest BCUT2D eigenvalue weighted by Crippen LogP contribution is -2.44. The normalized spacial score (nSPS) is 15.8. The minimum atomic E-state index is -4.14. The summed E-state index contributed by atoms with van der Waals surface area (Å²) in [5.41, 5.74) is 7.09. The van der Waals surface area contributed by atoms with Crippen LogP contribution in [-0.4, -0.2) is 35.2 Å². The first-order chi connectivity index (χ1) is 15.1. The molecule has 0 aliphatic carbocycles. The maximum Gasteiger partial charge on any atom is 0.330 e. The van der Waals surface area contributed by atoms with E-state index in [1.807, 2.05) is 42.5 Å². The van der Waals surface area contributed by atoms with E-state index in [0.717, 1.165) is 15.6 Å². The molecular formula is C22H28BrN2O6P. The van der Waals surface area contributed by atoms with Crippen LogP contribution in [0.4, 0.5) is 0 Å². The zero-order chi connectivity index (χ0) is 23.7. The van der Waals surface area contributed by atoms with E-state index in [-0.39, 0.29) is 13.0 Å². The summed E-state index contributed by atoms with van der Waals surface area (Å²) in [6.45, 7) is 3.01. The zero-order valence-electron chi connectivity index (χ0n) is 17.9. The van der Waals surface area contributed by atoms with E-state index in [2.05, 4.69) is 21.2 Å². The average Bonchev–Trinajstić information content (AvgIpc) is 2.72. The molecule has 2 aromatic carbocycles. The van der Waals surface area contributed by atoms with Gasteiger partial charge in [0.15, 0.2) is 0 Å². The molecule has 0 aromatic heterocycles. The molecule has 0 heterocycles. The van der Waals surface area contributed by atoms with Crippen molar-refractivity contribution in [3.05, 3.63) is 70.2 Å². The minimum Gasteiger partial charge on any atom is -0.459 e. The van der Waals surface area contributed by atoms with Gasteiger partial charge < -0.3 is 20.7 Å². The molecule has 32 heavy (non-hydrogen) atoms. The number of rotatable bonds is 11. The summed E-state index contributed by atoms with van der Waals surface area (Å²) < 4.78 is 23.5. The molecule has 4 unspecified atom stereocenters. The van der Waals surface area contributed by atoms with Crippen molar-refractivity contribution in [1.29, 1.82) is 0 Å². The lowest BCUT2D eigenvalue weighted by atomic mass is 10.00. The number of nitrogens with two attached hydrogens (primary N) is 1. The van der Waals surface area contributed by atoms with Crippen LogP contribution in [0.3, 0.4) is 0 Å². The van der Waals surface area contributed by atoms with Crippen molar-refractivity contribution in [2.24, 2.45) is 11.7 Å². The fraction of sp³-hybridized carbons (Fsp3) is 0.364. The molecule has 4 atom stereocenters. The SMILES string of the molecule is CC(N)OP(=O)(O)CC(Cc1ccc(Br)cc1)C(=O)NC(C)C(=O)OCc1ccccc1. The molecule has 4 N–H and O–H groups in total. The van der Waals surface area contributed by atoms with Gasteiger partial charge in [-0.1, -0.05) is 58.4 Å². The van der Waals surface area contributed by atoms with Crippen molar-refractivity contribution in [1.82, 2.24) is 5.32 Å². The Hall–Kier alpha value is -2.03. The lowest BCUT2D eigenvalue weighted by Gasteiger charge is -2.23. The standard InChI is InChI=1S/C22H28BrN2O6P/c1-15(22(27)30-13-18-6-4-3-5-7-18)25-21(26)19(14-32(28,29)31-16(2)24)12-17-8-10-20(23)11-9-17/h3-11,15-16,19H,12-14,24H2,1-2H3,(H,25,26)(H,28,29). The maximum absolute atomic E-state index is 12.9. The summed E-state index contributed by atoms with van der Waals surface area (Å²) in [5, 5.41) is 2.58. The number of amides is 1. The third-order valence-electron chi connectivity index (χ3n) is 4.48. The van der Waals surface area contributed by atoms with E-state index < -0.39 is 43.8 Å². The quantitative estimate of drug-likeness (QED) is 0.232. The van der Waals surface area contributed by atoms with E-state index >= 15 is 0 Å². The van der Waals surface area contributed by atoms with Gasteiger partial charge in [0.2, 0.25) is 5.91 Å². The Kier molecular flexibility index (Phi) is 10.1. The highest BCUT2D eigenvalue weighted by atomic mass is 79.9. The Labute approximate surface area is 196 Å². The lowest BCUT2D eigenvalue weighted by molar-refractivity contribution is -0.148. The van der Waals surface area contributed by atoms with Gasteiger partial charge in [0.25, 0.3) is 0 Å². The summed E-state index contributed by atoms with van der Waals surface area (Å²) in [5.74, 6) is -2.08. The second-order valence-corrected chi connectivity index (χ2v) is 10.2. The molecule has 0 spiro atoms. The van der Waals surface area contributed by atoms with Crippen molar-refractivity contribution in [3.8, 4) is 0 Å². The first-order valence-corrected chi connectivity index (χ1v) is 12.6. The van der Waals surface area contributed by atoms with Gasteiger partial charge >= 0.3 is 13.6 Å². The predicted molar refractivity (Wildman–Crippen MR) is 125 cm³/mol. The Morgan fingerprint density at radius 1 is 1.09 bits per heavy atom. The van der Waals surface area contributed by atoms with Gasteiger partial charge in [0.1, 0.15) is 18.9 Å². The minimum absolute atomic E-state index is 0.0796. The zero-order valence-corrected chi connectivity index (χ0v) is 20.4. The van der Waals surface area contributed by atoms with Crippen LogP contribution >= 0.6 is 23.5 Å². The summed E-state index contributed by atoms with van der Waals surface area (Å²) >= 11 is 3.35. The summed E-state index contributed by atoms with van der Waals surface area (Å²) in [4.78, 5) is 35.4. The van der Waals surface area contributed by atoms with Crippen LogP contribution in [0.1, 0.15) is 25.0 Å². The number of hydrogen-bond acceptors (Lipinski definition) is 6. The second-order valence-electron chi connectivity index (χ2n) is 7.48. The number of benzene rings is 2. The summed E-state index contributed by atoms with van der Waals surface area (Å²) in [6, 6.07) is 15.4. The molecule has 0 aliphatic heterocycles. The van der Waals surface area contributed by atoms with Crippen molar-refractivity contribution in [2.45, 2.75) is 39.1 Å². The first kappa shape index (κ1) is 26.2. The van der Waals surface area contributed by atoms with Gasteiger partial charge in [0, 0.05) is 4.47 Å². The largest absolute Gasteiger partial charge is 0.459 e. The number of carbonyl (C=O) groups excluding carboxylic acids is 2. The summed E-state index contributed by atoms with van der Waals surface area (Å²) in [6.07, 6.45) is -1.23. The predicted octanol–water partition coefficient (Wildman–Crippen LogP) is 3.36. The third-order valence-corrected chi connectivity index (χ3v) is 6.58. The van der Waals surface area contributed by atoms with Crippen LogP contribution in [0, 0.1) is 5.92 Å². The number of hydrogen-bond donors (Lipinski definition) is 3. The van der Waals surface area contributed by atoms with Crippen LogP contribution in [0.2, 0.25) is 0 Å². The molecule has 0 fully saturated rings. The Bertz CT molecular complexity index is 939. The highest BCUT2D eigenvalue weighted by molar-refractivity contribution is 9.10. The molecule has 0 saturated carbocycles. The molecule has 1 amide bonds. The molecular weight excluding hydrogens is 499 g/mol. The molecule has 8 nitrogen and oxygen atoms in total. The van der Waals surface area contributed by atoms with Crippen LogP contribution in [0.25, 0.3) is 0 Å². The van der Waals surface area contributed by atoms with Crippen molar-refractivity contribution >= 4 is 35.4 Å². The van der Waals surface area contributed by atoms with Crippen LogP contribution < -0.4 is 11.1 Å². The maximum atomic E-state index is 12.9. The molecule has 10 heteroatoms. The Balaban J connectivity index is 2.05. The van der Waals surface area contributed by atoms with Crippen LogP contribution in [0.15, 0.2) is 59.1 Å². The number of halogens is 1. The van der Waals surface area contributed by atoms with Gasteiger partial charge in [-0.3, -0.25) is 13.9 Å². The monoisotopic (exact) mass is 526 g/mol.